The van der Waals surface area contributed by atoms with E-state index in [0.717, 1.165) is 11.3 Å². The molecule has 1 aromatic heterocycles. The Morgan fingerprint density at radius 1 is 1.05 bits per heavy atom. The fourth-order valence-corrected chi connectivity index (χ4v) is 3.49. The van der Waals surface area contributed by atoms with E-state index >= 15 is 0 Å². The highest BCUT2D eigenvalue weighted by Gasteiger charge is 2.15. The number of unbranched alkanes of at least 4 members (excludes halogenated alkanes) is 1. The number of aromatic nitrogens is 2. The Bertz CT molecular complexity index is 1190. The van der Waals surface area contributed by atoms with Crippen molar-refractivity contribution in [2.24, 2.45) is 0 Å². The third-order valence-electron chi connectivity index (χ3n) is 5.33. The number of anilines is 2. The van der Waals surface area contributed by atoms with Crippen LogP contribution < -0.4 is 16.0 Å². The van der Waals surface area contributed by atoms with Crippen LogP contribution in [0.2, 0.25) is 0 Å². The van der Waals surface area contributed by atoms with Crippen LogP contribution >= 0.6 is 0 Å². The Balaban J connectivity index is 1.83. The number of nitrogens with one attached hydrogen (secondary N) is 3. The first-order chi connectivity index (χ1) is 19.1. The molecule has 0 saturated heterocycles. The van der Waals surface area contributed by atoms with E-state index in [0.29, 0.717) is 61.9 Å². The molecule has 10 heteroatoms. The van der Waals surface area contributed by atoms with Crippen LogP contribution in [0, 0.1) is 0 Å². The van der Waals surface area contributed by atoms with E-state index in [4.69, 9.17) is 14.2 Å². The van der Waals surface area contributed by atoms with Crippen molar-refractivity contribution in [2.75, 3.05) is 37.9 Å². The van der Waals surface area contributed by atoms with Crippen LogP contribution in [0.15, 0.2) is 72.9 Å². The van der Waals surface area contributed by atoms with Gasteiger partial charge in [-0.05, 0) is 70.4 Å². The van der Waals surface area contributed by atoms with Gasteiger partial charge in [0.25, 0.3) is 0 Å². The molecule has 0 radical (unpaired) electrons. The topological polar surface area (TPSA) is 124 Å². The molecule has 0 aliphatic heterocycles. The number of amides is 2. The van der Waals surface area contributed by atoms with Crippen molar-refractivity contribution in [3.63, 3.8) is 0 Å². The average Bonchev–Trinajstić information content (AvgIpc) is 2.91. The van der Waals surface area contributed by atoms with Gasteiger partial charge in [-0.1, -0.05) is 24.8 Å². The van der Waals surface area contributed by atoms with Crippen molar-refractivity contribution in [1.82, 2.24) is 15.3 Å². The number of allylic oxidation sites excluding steroid dienone is 2. The van der Waals surface area contributed by atoms with Crippen LogP contribution in [0.1, 0.15) is 46.5 Å². The Kier molecular flexibility index (Phi) is 13.2. The molecule has 0 aliphatic carbocycles. The van der Waals surface area contributed by atoms with Gasteiger partial charge in [0, 0.05) is 37.0 Å². The summed E-state index contributed by atoms with van der Waals surface area (Å²) in [5.41, 5.74) is 1.74. The largest absolute Gasteiger partial charge is 0.493 e. The van der Waals surface area contributed by atoms with E-state index in [2.05, 4.69) is 32.5 Å². The summed E-state index contributed by atoms with van der Waals surface area (Å²) in [6.07, 6.45) is 9.00. The van der Waals surface area contributed by atoms with Crippen LogP contribution in [-0.4, -0.2) is 54.9 Å². The summed E-state index contributed by atoms with van der Waals surface area (Å²) < 4.78 is 15.7. The van der Waals surface area contributed by atoms with Gasteiger partial charge in [-0.2, -0.15) is 0 Å². The second-order valence-corrected chi connectivity index (χ2v) is 9.74. The fraction of sp³-hybridized carbons (Fsp3) is 0.400. The lowest BCUT2D eigenvalue weighted by atomic mass is 10.1. The van der Waals surface area contributed by atoms with Crippen molar-refractivity contribution in [3.8, 4) is 11.3 Å². The second-order valence-electron chi connectivity index (χ2n) is 9.74. The molecule has 10 nitrogen and oxygen atoms in total. The molecule has 2 amide bonds. The Morgan fingerprint density at radius 3 is 2.52 bits per heavy atom. The summed E-state index contributed by atoms with van der Waals surface area (Å²) in [6.45, 7) is 10.2. The monoisotopic (exact) mass is 551 g/mol. The molecular weight excluding hydrogens is 510 g/mol. The van der Waals surface area contributed by atoms with E-state index in [1.54, 1.807) is 26.5 Å². The molecule has 0 aliphatic rings. The summed E-state index contributed by atoms with van der Waals surface area (Å²) in [5.74, 6) is 1.57. The van der Waals surface area contributed by atoms with Crippen molar-refractivity contribution in [1.29, 1.82) is 0 Å². The van der Waals surface area contributed by atoms with Gasteiger partial charge >= 0.3 is 6.09 Å². The zero-order valence-electron chi connectivity index (χ0n) is 24.1. The molecule has 0 fully saturated rings. The number of hydrogen-bond donors (Lipinski definition) is 3. The SMILES string of the molecule is C=C/C(OC)=C(\C=C\CCNc1nccc(-c2cccc(NC(=O)CCCCNC(=O)OC(C)(C)C)c2)n1)OC. The maximum Gasteiger partial charge on any atom is 0.407 e. The number of benzene rings is 1. The predicted octanol–water partition coefficient (Wildman–Crippen LogP) is 5.83. The summed E-state index contributed by atoms with van der Waals surface area (Å²) in [4.78, 5) is 33.0. The highest BCUT2D eigenvalue weighted by atomic mass is 16.6. The number of nitrogens with zero attached hydrogens (tertiary/aromatic N) is 2. The van der Waals surface area contributed by atoms with E-state index < -0.39 is 11.7 Å². The van der Waals surface area contributed by atoms with E-state index in [1.807, 2.05) is 63.3 Å². The van der Waals surface area contributed by atoms with Crippen LogP contribution in [0.5, 0.6) is 0 Å². The number of carbonyl (C=O) groups excluding carboxylic acids is 2. The smallest absolute Gasteiger partial charge is 0.407 e. The number of hydrogen-bond acceptors (Lipinski definition) is 8. The van der Waals surface area contributed by atoms with Crippen LogP contribution in [-0.2, 0) is 19.0 Å². The first kappa shape index (κ1) is 31.9. The maximum atomic E-state index is 12.4. The third-order valence-corrected chi connectivity index (χ3v) is 5.33. The fourth-order valence-electron chi connectivity index (χ4n) is 3.49. The maximum absolute atomic E-state index is 12.4. The van der Waals surface area contributed by atoms with Gasteiger partial charge in [0.05, 0.1) is 19.9 Å². The normalized spacial score (nSPS) is 11.8. The zero-order chi connectivity index (χ0) is 29.4. The number of rotatable bonds is 15. The van der Waals surface area contributed by atoms with Gasteiger partial charge in [-0.25, -0.2) is 14.8 Å². The predicted molar refractivity (Wildman–Crippen MR) is 158 cm³/mol. The van der Waals surface area contributed by atoms with Gasteiger partial charge in [-0.15, -0.1) is 0 Å². The summed E-state index contributed by atoms with van der Waals surface area (Å²) in [5, 5.41) is 8.84. The Morgan fingerprint density at radius 2 is 1.82 bits per heavy atom. The summed E-state index contributed by atoms with van der Waals surface area (Å²) in [7, 11) is 3.14. The Hall–Kier alpha value is -4.34. The average molecular weight is 552 g/mol. The minimum Gasteiger partial charge on any atom is -0.493 e. The molecule has 40 heavy (non-hydrogen) atoms. The lowest BCUT2D eigenvalue weighted by Crippen LogP contribution is -2.33. The van der Waals surface area contributed by atoms with Crippen LogP contribution in [0.4, 0.5) is 16.4 Å². The van der Waals surface area contributed by atoms with E-state index in [1.165, 1.54) is 0 Å². The number of carbonyl (C=O) groups is 2. The molecule has 0 saturated carbocycles. The lowest BCUT2D eigenvalue weighted by molar-refractivity contribution is -0.116. The van der Waals surface area contributed by atoms with Gasteiger partial charge in [-0.3, -0.25) is 4.79 Å². The summed E-state index contributed by atoms with van der Waals surface area (Å²) >= 11 is 0. The molecule has 2 rings (SSSR count). The molecule has 0 atom stereocenters. The first-order valence-corrected chi connectivity index (χ1v) is 13.2. The van der Waals surface area contributed by atoms with Gasteiger partial charge in [0.2, 0.25) is 11.9 Å². The van der Waals surface area contributed by atoms with Gasteiger partial charge < -0.3 is 30.2 Å². The van der Waals surface area contributed by atoms with Crippen molar-refractivity contribution < 1.29 is 23.8 Å². The molecule has 1 heterocycles. The lowest BCUT2D eigenvalue weighted by Gasteiger charge is -2.19. The standard InChI is InChI=1S/C30H41N5O5/c1-7-25(38-5)26(39-6)15-8-10-18-31-28-32-20-17-24(35-28)22-13-12-14-23(21-22)34-27(36)16-9-11-19-33-29(37)40-30(2,3)4/h7-8,12-15,17,20-21H,1,9-11,16,18-19H2,2-6H3,(H,33,37)(H,34,36)(H,31,32,35)/b15-8+,26-25-. The third kappa shape index (κ3) is 12.0. The van der Waals surface area contributed by atoms with Gasteiger partial charge in [0.15, 0.2) is 11.5 Å². The minimum atomic E-state index is -0.534. The molecule has 0 bridgehead atoms. The number of ether oxygens (including phenoxy) is 3. The van der Waals surface area contributed by atoms with Crippen LogP contribution in [0.25, 0.3) is 11.3 Å². The molecule has 0 spiro atoms. The molecule has 2 aromatic rings. The minimum absolute atomic E-state index is 0.0929. The van der Waals surface area contributed by atoms with Crippen molar-refractivity contribution in [2.45, 2.75) is 52.1 Å². The number of methoxy groups -OCH3 is 2. The van der Waals surface area contributed by atoms with Crippen LogP contribution in [0.3, 0.4) is 0 Å². The molecule has 3 N–H and O–H groups in total. The van der Waals surface area contributed by atoms with E-state index in [9.17, 15) is 9.59 Å². The number of alkyl carbamates (subject to hydrolysis) is 1. The van der Waals surface area contributed by atoms with Crippen molar-refractivity contribution >= 4 is 23.6 Å². The molecule has 0 unspecified atom stereocenters. The highest BCUT2D eigenvalue weighted by molar-refractivity contribution is 5.91. The molecule has 1 aromatic carbocycles. The second kappa shape index (κ2) is 16.6. The van der Waals surface area contributed by atoms with Gasteiger partial charge in [0.1, 0.15) is 5.60 Å². The Labute approximate surface area is 236 Å². The molecular formula is C30H41N5O5. The molecule has 216 valence electrons. The van der Waals surface area contributed by atoms with E-state index in [-0.39, 0.29) is 5.91 Å². The first-order valence-electron chi connectivity index (χ1n) is 13.2. The van der Waals surface area contributed by atoms with Crippen molar-refractivity contribution in [3.05, 3.63) is 72.9 Å². The quantitative estimate of drug-likeness (QED) is 0.144. The summed E-state index contributed by atoms with van der Waals surface area (Å²) in [6, 6.07) is 9.33. The highest BCUT2D eigenvalue weighted by Crippen LogP contribution is 2.22. The zero-order valence-corrected chi connectivity index (χ0v) is 24.1.